The number of nitrogens with zero attached hydrogens (tertiary/aromatic N) is 5. The first kappa shape index (κ1) is 20.6. The summed E-state index contributed by atoms with van der Waals surface area (Å²) in [7, 11) is 6.20. The molecule has 0 saturated carbocycles. The molecule has 7 heteroatoms. The van der Waals surface area contributed by atoms with Gasteiger partial charge in [-0.15, -0.1) is 0 Å². The van der Waals surface area contributed by atoms with E-state index in [1.807, 2.05) is 24.7 Å². The second-order valence-corrected chi connectivity index (χ2v) is 8.60. The molecule has 0 aliphatic carbocycles. The first-order chi connectivity index (χ1) is 14.3. The summed E-state index contributed by atoms with van der Waals surface area (Å²) in [6.45, 7) is 6.16. The summed E-state index contributed by atoms with van der Waals surface area (Å²) in [5.74, 6) is -0.882. The number of aromatic carboxylic acids is 1. The van der Waals surface area contributed by atoms with E-state index in [1.165, 1.54) is 0 Å². The fourth-order valence-electron chi connectivity index (χ4n) is 4.92. The van der Waals surface area contributed by atoms with Crippen molar-refractivity contribution in [1.82, 2.24) is 24.0 Å². The fourth-order valence-corrected chi connectivity index (χ4v) is 4.92. The summed E-state index contributed by atoms with van der Waals surface area (Å²) in [4.78, 5) is 16.9. The molecule has 0 spiro atoms. The van der Waals surface area contributed by atoms with Crippen LogP contribution in [0.1, 0.15) is 47.4 Å². The number of likely N-dealkylation sites (tertiary alicyclic amines) is 1. The van der Waals surface area contributed by atoms with Crippen LogP contribution >= 0.6 is 0 Å². The maximum atomic E-state index is 12.1. The lowest BCUT2D eigenvalue weighted by Crippen LogP contribution is -2.43. The molecule has 0 bridgehead atoms. The summed E-state index contributed by atoms with van der Waals surface area (Å²) in [6.07, 6.45) is 6.09. The molecule has 0 aromatic carbocycles. The van der Waals surface area contributed by atoms with Gasteiger partial charge in [-0.05, 0) is 64.5 Å². The van der Waals surface area contributed by atoms with E-state index in [4.69, 9.17) is 0 Å². The maximum Gasteiger partial charge on any atom is 0.336 e. The summed E-state index contributed by atoms with van der Waals surface area (Å²) in [6, 6.07) is 6.56. The standard InChI is InChI=1S/C23H31N5O2/c1-15-19(23(29)30)14-21-18(20-6-10-24-26(20)5)9-13-28(21)22(15)16(2)27-11-7-17(8-12-27)25(3)4/h6,9-10,13-14,16-17H,7-8,11-12H2,1-5H3,(H,29,30). The minimum Gasteiger partial charge on any atom is -0.478 e. The van der Waals surface area contributed by atoms with Crippen LogP contribution in [0.4, 0.5) is 0 Å². The number of aryl methyl sites for hydroxylation is 1. The minimum absolute atomic E-state index is 0.127. The third-order valence-corrected chi connectivity index (χ3v) is 6.75. The molecular weight excluding hydrogens is 378 g/mol. The first-order valence-electron chi connectivity index (χ1n) is 10.6. The van der Waals surface area contributed by atoms with Gasteiger partial charge in [0.05, 0.1) is 16.8 Å². The Morgan fingerprint density at radius 3 is 2.53 bits per heavy atom. The Bertz CT molecular complexity index is 1070. The van der Waals surface area contributed by atoms with Gasteiger partial charge in [-0.1, -0.05) is 0 Å². The highest BCUT2D eigenvalue weighted by molar-refractivity contribution is 5.93. The molecule has 160 valence electrons. The minimum atomic E-state index is -0.882. The monoisotopic (exact) mass is 409 g/mol. The topological polar surface area (TPSA) is 66.0 Å². The van der Waals surface area contributed by atoms with Gasteiger partial charge in [-0.3, -0.25) is 9.58 Å². The highest BCUT2D eigenvalue weighted by Crippen LogP contribution is 2.34. The van der Waals surface area contributed by atoms with E-state index in [-0.39, 0.29) is 6.04 Å². The molecule has 1 N–H and O–H groups in total. The van der Waals surface area contributed by atoms with Gasteiger partial charge in [-0.2, -0.15) is 5.10 Å². The van der Waals surface area contributed by atoms with Crippen molar-refractivity contribution in [1.29, 1.82) is 0 Å². The van der Waals surface area contributed by atoms with Crippen molar-refractivity contribution in [3.05, 3.63) is 47.4 Å². The molecule has 4 rings (SSSR count). The maximum absolute atomic E-state index is 12.1. The lowest BCUT2D eigenvalue weighted by Gasteiger charge is -2.39. The van der Waals surface area contributed by atoms with Crippen molar-refractivity contribution in [2.24, 2.45) is 7.05 Å². The van der Waals surface area contributed by atoms with Crippen LogP contribution in [0.25, 0.3) is 16.8 Å². The number of hydrogen-bond acceptors (Lipinski definition) is 4. The van der Waals surface area contributed by atoms with Crippen LogP contribution in [0.5, 0.6) is 0 Å². The fraction of sp³-hybridized carbons (Fsp3) is 0.478. The molecule has 0 amide bonds. The number of fused-ring (bicyclic) bond motifs is 1. The van der Waals surface area contributed by atoms with Crippen LogP contribution < -0.4 is 0 Å². The van der Waals surface area contributed by atoms with Crippen LogP contribution in [0.2, 0.25) is 0 Å². The number of pyridine rings is 1. The zero-order chi connectivity index (χ0) is 21.6. The zero-order valence-electron chi connectivity index (χ0n) is 18.5. The van der Waals surface area contributed by atoms with Crippen molar-refractivity contribution in [3.63, 3.8) is 0 Å². The van der Waals surface area contributed by atoms with Crippen molar-refractivity contribution in [2.75, 3.05) is 27.2 Å². The van der Waals surface area contributed by atoms with E-state index in [0.29, 0.717) is 11.6 Å². The number of rotatable bonds is 5. The quantitative estimate of drug-likeness (QED) is 0.699. The first-order valence-corrected chi connectivity index (χ1v) is 10.6. The van der Waals surface area contributed by atoms with Gasteiger partial charge in [0.25, 0.3) is 0 Å². The Morgan fingerprint density at radius 2 is 1.97 bits per heavy atom. The van der Waals surface area contributed by atoms with Crippen molar-refractivity contribution in [3.8, 4) is 11.3 Å². The Balaban J connectivity index is 1.81. The van der Waals surface area contributed by atoms with E-state index >= 15 is 0 Å². The van der Waals surface area contributed by atoms with E-state index in [2.05, 4.69) is 52.6 Å². The molecule has 1 unspecified atom stereocenters. The number of hydrogen-bond donors (Lipinski definition) is 1. The number of carboxylic acid groups (broad SMARTS) is 1. The van der Waals surface area contributed by atoms with E-state index in [0.717, 1.165) is 54.0 Å². The molecule has 3 aromatic heterocycles. The predicted octanol–water partition coefficient (Wildman–Crippen LogP) is 3.43. The summed E-state index contributed by atoms with van der Waals surface area (Å²) in [5, 5.41) is 14.2. The van der Waals surface area contributed by atoms with E-state index < -0.39 is 5.97 Å². The molecule has 30 heavy (non-hydrogen) atoms. The van der Waals surface area contributed by atoms with Gasteiger partial charge < -0.3 is 14.4 Å². The largest absolute Gasteiger partial charge is 0.478 e. The summed E-state index contributed by atoms with van der Waals surface area (Å²) >= 11 is 0. The third kappa shape index (κ3) is 3.42. The average molecular weight is 410 g/mol. The highest BCUT2D eigenvalue weighted by Gasteiger charge is 2.28. The van der Waals surface area contributed by atoms with Gasteiger partial charge in [-0.25, -0.2) is 4.79 Å². The van der Waals surface area contributed by atoms with Crippen LogP contribution in [-0.2, 0) is 7.05 Å². The molecule has 4 heterocycles. The Morgan fingerprint density at radius 1 is 1.27 bits per heavy atom. The Hall–Kier alpha value is -2.64. The van der Waals surface area contributed by atoms with Crippen LogP contribution in [0, 0.1) is 6.92 Å². The second kappa shape index (κ2) is 7.89. The zero-order valence-corrected chi connectivity index (χ0v) is 18.5. The number of carbonyl (C=O) groups is 1. The summed E-state index contributed by atoms with van der Waals surface area (Å²) in [5.41, 5.74) is 5.15. The number of carboxylic acids is 1. The van der Waals surface area contributed by atoms with Crippen LogP contribution in [0.3, 0.4) is 0 Å². The van der Waals surface area contributed by atoms with Gasteiger partial charge in [0.1, 0.15) is 0 Å². The van der Waals surface area contributed by atoms with E-state index in [1.54, 1.807) is 12.3 Å². The number of piperidine rings is 1. The highest BCUT2D eigenvalue weighted by atomic mass is 16.4. The smallest absolute Gasteiger partial charge is 0.336 e. The van der Waals surface area contributed by atoms with Crippen LogP contribution in [-0.4, -0.2) is 68.3 Å². The third-order valence-electron chi connectivity index (χ3n) is 6.75. The molecule has 7 nitrogen and oxygen atoms in total. The molecule has 3 aromatic rings. The molecule has 1 fully saturated rings. The van der Waals surface area contributed by atoms with Crippen LogP contribution in [0.15, 0.2) is 30.6 Å². The number of aromatic nitrogens is 3. The summed E-state index contributed by atoms with van der Waals surface area (Å²) < 4.78 is 4.00. The van der Waals surface area contributed by atoms with Crippen molar-refractivity contribution in [2.45, 2.75) is 38.8 Å². The molecular formula is C23H31N5O2. The van der Waals surface area contributed by atoms with E-state index in [9.17, 15) is 9.90 Å². The average Bonchev–Trinajstić information content (AvgIpc) is 3.32. The molecule has 0 radical (unpaired) electrons. The lowest BCUT2D eigenvalue weighted by atomic mass is 9.97. The van der Waals surface area contributed by atoms with Crippen molar-refractivity contribution >= 4 is 11.5 Å². The Labute approximate surface area is 177 Å². The lowest BCUT2D eigenvalue weighted by molar-refractivity contribution is 0.0695. The van der Waals surface area contributed by atoms with Crippen molar-refractivity contribution < 1.29 is 9.90 Å². The molecule has 1 aliphatic rings. The molecule has 1 aliphatic heterocycles. The molecule has 1 saturated heterocycles. The van der Waals surface area contributed by atoms with Gasteiger partial charge in [0.15, 0.2) is 0 Å². The van der Waals surface area contributed by atoms with Gasteiger partial charge >= 0.3 is 5.97 Å². The predicted molar refractivity (Wildman–Crippen MR) is 118 cm³/mol. The normalized spacial score (nSPS) is 17.1. The van der Waals surface area contributed by atoms with Gasteiger partial charge in [0, 0.05) is 55.9 Å². The SMILES string of the molecule is Cc1c(C(=O)O)cc2c(-c3ccnn3C)ccn2c1C(C)N1CCC(N(C)C)CC1. The second-order valence-electron chi connectivity index (χ2n) is 8.60. The van der Waals surface area contributed by atoms with Gasteiger partial charge in [0.2, 0.25) is 0 Å². The Kier molecular flexibility index (Phi) is 5.42. The molecule has 1 atom stereocenters.